The SMILES string of the molecule is COc1ccnc(NC2CCCC(C)C2)n1. The van der Waals surface area contributed by atoms with Crippen LogP contribution in [0, 0.1) is 5.92 Å². The quantitative estimate of drug-likeness (QED) is 0.851. The molecule has 1 fully saturated rings. The monoisotopic (exact) mass is 221 g/mol. The molecule has 1 aliphatic rings. The van der Waals surface area contributed by atoms with E-state index in [9.17, 15) is 0 Å². The molecule has 0 amide bonds. The van der Waals surface area contributed by atoms with Crippen LogP contribution >= 0.6 is 0 Å². The van der Waals surface area contributed by atoms with E-state index in [4.69, 9.17) is 4.74 Å². The van der Waals surface area contributed by atoms with E-state index in [1.54, 1.807) is 19.4 Å². The Hall–Kier alpha value is -1.32. The average molecular weight is 221 g/mol. The van der Waals surface area contributed by atoms with Crippen LogP contribution in [0.15, 0.2) is 12.3 Å². The summed E-state index contributed by atoms with van der Waals surface area (Å²) >= 11 is 0. The number of nitrogens with one attached hydrogen (secondary N) is 1. The molecule has 4 nitrogen and oxygen atoms in total. The smallest absolute Gasteiger partial charge is 0.226 e. The third-order valence-corrected chi connectivity index (χ3v) is 3.11. The fourth-order valence-corrected chi connectivity index (χ4v) is 2.27. The number of methoxy groups -OCH3 is 1. The lowest BCUT2D eigenvalue weighted by Crippen LogP contribution is -2.27. The van der Waals surface area contributed by atoms with Gasteiger partial charge in [-0.2, -0.15) is 4.98 Å². The van der Waals surface area contributed by atoms with Crippen molar-refractivity contribution >= 4 is 5.95 Å². The summed E-state index contributed by atoms with van der Waals surface area (Å²) in [6, 6.07) is 2.27. The number of anilines is 1. The summed E-state index contributed by atoms with van der Waals surface area (Å²) in [4.78, 5) is 8.47. The highest BCUT2D eigenvalue weighted by molar-refractivity contribution is 5.28. The highest BCUT2D eigenvalue weighted by Crippen LogP contribution is 2.25. The van der Waals surface area contributed by atoms with Crippen LogP contribution in [0.1, 0.15) is 32.6 Å². The van der Waals surface area contributed by atoms with Gasteiger partial charge in [-0.3, -0.25) is 0 Å². The van der Waals surface area contributed by atoms with Gasteiger partial charge in [-0.25, -0.2) is 4.98 Å². The average Bonchev–Trinajstić information content (AvgIpc) is 2.29. The van der Waals surface area contributed by atoms with Crippen molar-refractivity contribution in [2.45, 2.75) is 38.6 Å². The summed E-state index contributed by atoms with van der Waals surface area (Å²) in [6.45, 7) is 2.31. The Morgan fingerprint density at radius 2 is 2.31 bits per heavy atom. The van der Waals surface area contributed by atoms with E-state index in [1.165, 1.54) is 25.7 Å². The largest absolute Gasteiger partial charge is 0.481 e. The molecule has 16 heavy (non-hydrogen) atoms. The number of ether oxygens (including phenoxy) is 1. The van der Waals surface area contributed by atoms with Crippen molar-refractivity contribution in [3.63, 3.8) is 0 Å². The van der Waals surface area contributed by atoms with E-state index in [1.807, 2.05) is 0 Å². The van der Waals surface area contributed by atoms with Crippen molar-refractivity contribution in [3.05, 3.63) is 12.3 Å². The van der Waals surface area contributed by atoms with Gasteiger partial charge in [0.1, 0.15) is 0 Å². The second-order valence-electron chi connectivity index (χ2n) is 4.54. The van der Waals surface area contributed by atoms with Gasteiger partial charge in [-0.1, -0.05) is 19.8 Å². The fraction of sp³-hybridized carbons (Fsp3) is 0.667. The Morgan fingerprint density at radius 3 is 3.06 bits per heavy atom. The van der Waals surface area contributed by atoms with E-state index < -0.39 is 0 Å². The molecule has 1 N–H and O–H groups in total. The van der Waals surface area contributed by atoms with Crippen LogP contribution in [-0.4, -0.2) is 23.1 Å². The van der Waals surface area contributed by atoms with E-state index in [-0.39, 0.29) is 0 Å². The van der Waals surface area contributed by atoms with Crippen molar-refractivity contribution in [2.24, 2.45) is 5.92 Å². The molecule has 1 heterocycles. The van der Waals surface area contributed by atoms with Crippen LogP contribution in [0.3, 0.4) is 0 Å². The van der Waals surface area contributed by atoms with Gasteiger partial charge < -0.3 is 10.1 Å². The molecule has 2 rings (SSSR count). The third kappa shape index (κ3) is 2.84. The maximum atomic E-state index is 5.07. The van der Waals surface area contributed by atoms with Crippen LogP contribution in [0.5, 0.6) is 5.88 Å². The van der Waals surface area contributed by atoms with Crippen LogP contribution in [-0.2, 0) is 0 Å². The minimum Gasteiger partial charge on any atom is -0.481 e. The van der Waals surface area contributed by atoms with Crippen molar-refractivity contribution in [1.82, 2.24) is 9.97 Å². The molecular formula is C12H19N3O. The lowest BCUT2D eigenvalue weighted by molar-refractivity contribution is 0.356. The Kier molecular flexibility index (Phi) is 3.59. The first-order valence-electron chi connectivity index (χ1n) is 5.91. The van der Waals surface area contributed by atoms with Gasteiger partial charge in [-0.05, 0) is 18.8 Å². The summed E-state index contributed by atoms with van der Waals surface area (Å²) in [5.41, 5.74) is 0. The number of rotatable bonds is 3. The number of hydrogen-bond acceptors (Lipinski definition) is 4. The maximum absolute atomic E-state index is 5.07. The molecule has 1 saturated carbocycles. The number of aromatic nitrogens is 2. The number of nitrogens with zero attached hydrogens (tertiary/aromatic N) is 2. The van der Waals surface area contributed by atoms with Gasteiger partial charge in [0.2, 0.25) is 11.8 Å². The molecule has 0 radical (unpaired) electrons. The minimum absolute atomic E-state index is 0.510. The summed E-state index contributed by atoms with van der Waals surface area (Å²) < 4.78 is 5.07. The molecule has 1 aromatic heterocycles. The van der Waals surface area contributed by atoms with E-state index >= 15 is 0 Å². The molecule has 0 aliphatic heterocycles. The molecule has 4 heteroatoms. The van der Waals surface area contributed by atoms with E-state index in [2.05, 4.69) is 22.2 Å². The normalized spacial score (nSPS) is 25.1. The van der Waals surface area contributed by atoms with Gasteiger partial charge >= 0.3 is 0 Å². The van der Waals surface area contributed by atoms with Gasteiger partial charge in [0.25, 0.3) is 0 Å². The Morgan fingerprint density at radius 1 is 1.44 bits per heavy atom. The molecule has 0 saturated heterocycles. The van der Waals surface area contributed by atoms with Crippen LogP contribution in [0.2, 0.25) is 0 Å². The van der Waals surface area contributed by atoms with Crippen molar-refractivity contribution in [2.75, 3.05) is 12.4 Å². The molecular weight excluding hydrogens is 202 g/mol. The molecule has 1 aromatic rings. The third-order valence-electron chi connectivity index (χ3n) is 3.11. The molecule has 0 aromatic carbocycles. The second-order valence-corrected chi connectivity index (χ2v) is 4.54. The summed E-state index contributed by atoms with van der Waals surface area (Å²) in [7, 11) is 1.62. The van der Waals surface area contributed by atoms with Crippen LogP contribution < -0.4 is 10.1 Å². The fourth-order valence-electron chi connectivity index (χ4n) is 2.27. The number of hydrogen-bond donors (Lipinski definition) is 1. The Bertz CT molecular complexity index is 343. The van der Waals surface area contributed by atoms with Crippen LogP contribution in [0.25, 0.3) is 0 Å². The summed E-state index contributed by atoms with van der Waals surface area (Å²) in [5, 5.41) is 3.38. The van der Waals surface area contributed by atoms with E-state index in [0.29, 0.717) is 17.9 Å². The first-order chi connectivity index (χ1) is 7.78. The zero-order valence-corrected chi connectivity index (χ0v) is 9.94. The van der Waals surface area contributed by atoms with Crippen molar-refractivity contribution < 1.29 is 4.74 Å². The van der Waals surface area contributed by atoms with Crippen LogP contribution in [0.4, 0.5) is 5.95 Å². The first kappa shape index (κ1) is 11.2. The van der Waals surface area contributed by atoms with Gasteiger partial charge in [0, 0.05) is 18.3 Å². The standard InChI is InChI=1S/C12H19N3O/c1-9-4-3-5-10(8-9)14-12-13-7-6-11(15-12)16-2/h6-7,9-10H,3-5,8H2,1-2H3,(H,13,14,15). The minimum atomic E-state index is 0.510. The molecule has 2 unspecified atom stereocenters. The molecule has 0 spiro atoms. The predicted molar refractivity (Wildman–Crippen MR) is 63.6 cm³/mol. The van der Waals surface area contributed by atoms with Gasteiger partial charge in [0.15, 0.2) is 0 Å². The summed E-state index contributed by atoms with van der Waals surface area (Å²) in [5.74, 6) is 2.09. The second kappa shape index (κ2) is 5.14. The Balaban J connectivity index is 1.97. The van der Waals surface area contributed by atoms with Gasteiger partial charge in [-0.15, -0.1) is 0 Å². The molecule has 1 aliphatic carbocycles. The molecule has 2 atom stereocenters. The zero-order chi connectivity index (χ0) is 11.4. The molecule has 0 bridgehead atoms. The highest BCUT2D eigenvalue weighted by atomic mass is 16.5. The first-order valence-corrected chi connectivity index (χ1v) is 5.91. The lowest BCUT2D eigenvalue weighted by atomic mass is 9.87. The maximum Gasteiger partial charge on any atom is 0.226 e. The van der Waals surface area contributed by atoms with Crippen molar-refractivity contribution in [1.29, 1.82) is 0 Å². The summed E-state index contributed by atoms with van der Waals surface area (Å²) in [6.07, 6.45) is 6.78. The van der Waals surface area contributed by atoms with Crippen molar-refractivity contribution in [3.8, 4) is 5.88 Å². The van der Waals surface area contributed by atoms with Gasteiger partial charge in [0.05, 0.1) is 7.11 Å². The highest BCUT2D eigenvalue weighted by Gasteiger charge is 2.19. The lowest BCUT2D eigenvalue weighted by Gasteiger charge is -2.27. The predicted octanol–water partition coefficient (Wildman–Crippen LogP) is 2.48. The zero-order valence-electron chi connectivity index (χ0n) is 9.94. The van der Waals surface area contributed by atoms with E-state index in [0.717, 1.165) is 5.92 Å². The molecule has 88 valence electrons. The topological polar surface area (TPSA) is 47.0 Å². The Labute approximate surface area is 96.4 Å².